The number of nitrogens with one attached hydrogen (secondary N) is 1. The van der Waals surface area contributed by atoms with Gasteiger partial charge >= 0.3 is 18.3 Å². The van der Waals surface area contributed by atoms with Crippen LogP contribution in [0.25, 0.3) is 11.1 Å². The highest BCUT2D eigenvalue weighted by Crippen LogP contribution is 2.42. The molecule has 0 saturated carbocycles. The van der Waals surface area contributed by atoms with Crippen LogP contribution < -0.4 is 10.9 Å². The van der Waals surface area contributed by atoms with Crippen molar-refractivity contribution in [3.05, 3.63) is 91.6 Å². The van der Waals surface area contributed by atoms with Crippen LogP contribution in [0.15, 0.2) is 35.3 Å². The van der Waals surface area contributed by atoms with Crippen LogP contribution in [-0.4, -0.2) is 48.6 Å². The van der Waals surface area contributed by atoms with Crippen molar-refractivity contribution in [3.8, 4) is 11.1 Å². The van der Waals surface area contributed by atoms with Crippen molar-refractivity contribution in [3.63, 3.8) is 0 Å². The van der Waals surface area contributed by atoms with E-state index in [2.05, 4.69) is 5.32 Å². The molecular formula is C37H42F9N3O4. The number of rotatable bonds is 14. The minimum atomic E-state index is -5.42. The summed E-state index contributed by atoms with van der Waals surface area (Å²) in [5.41, 5.74) is -7.09. The lowest BCUT2D eigenvalue weighted by atomic mass is 9.89. The molecule has 0 aliphatic carbocycles. The lowest BCUT2D eigenvalue weighted by Crippen LogP contribution is -2.41. The van der Waals surface area contributed by atoms with Gasteiger partial charge in [-0.25, -0.2) is 13.2 Å². The van der Waals surface area contributed by atoms with E-state index in [0.717, 1.165) is 22.9 Å². The predicted octanol–water partition coefficient (Wildman–Crippen LogP) is 8.48. The van der Waals surface area contributed by atoms with Crippen LogP contribution in [0.3, 0.4) is 0 Å². The fourth-order valence-electron chi connectivity index (χ4n) is 6.24. The monoisotopic (exact) mass is 763 g/mol. The van der Waals surface area contributed by atoms with E-state index in [4.69, 9.17) is 4.74 Å². The van der Waals surface area contributed by atoms with Gasteiger partial charge in [0.1, 0.15) is 23.5 Å². The molecule has 3 rings (SSSR count). The molecule has 16 heteroatoms. The second kappa shape index (κ2) is 17.2. The second-order valence-corrected chi connectivity index (χ2v) is 13.5. The summed E-state index contributed by atoms with van der Waals surface area (Å²) in [6.07, 6.45) is -10.7. The van der Waals surface area contributed by atoms with Gasteiger partial charge in [0, 0.05) is 23.4 Å². The maximum atomic E-state index is 16.6. The summed E-state index contributed by atoms with van der Waals surface area (Å²) < 4.78 is 137. The molecule has 0 saturated heterocycles. The van der Waals surface area contributed by atoms with Gasteiger partial charge in [-0.1, -0.05) is 13.8 Å². The zero-order chi connectivity index (χ0) is 40.2. The smallest absolute Gasteiger partial charge is 0.419 e. The first-order valence-corrected chi connectivity index (χ1v) is 16.8. The zero-order valence-corrected chi connectivity index (χ0v) is 30.3. The number of esters is 1. The Bertz CT molecular complexity index is 1840. The number of benzene rings is 2. The normalized spacial score (nSPS) is 13.4. The highest BCUT2D eigenvalue weighted by atomic mass is 19.4. The number of halogens is 9. The van der Waals surface area contributed by atoms with E-state index in [0.29, 0.717) is 12.6 Å². The number of carbonyl (C=O) groups excluding carboxylic acids is 2. The molecule has 3 aromatic rings. The number of pyridine rings is 1. The molecule has 2 aromatic carbocycles. The number of carbonyl (C=O) groups is 2. The van der Waals surface area contributed by atoms with Gasteiger partial charge in [-0.15, -0.1) is 0 Å². The molecule has 53 heavy (non-hydrogen) atoms. The summed E-state index contributed by atoms with van der Waals surface area (Å²) in [5.74, 6) is -7.33. The first-order chi connectivity index (χ1) is 24.5. The fourth-order valence-corrected chi connectivity index (χ4v) is 6.24. The number of aromatic nitrogens is 1. The third-order valence-electron chi connectivity index (χ3n) is 8.50. The van der Waals surface area contributed by atoms with Crippen molar-refractivity contribution in [2.75, 3.05) is 27.2 Å². The highest BCUT2D eigenvalue weighted by molar-refractivity contribution is 5.82. The average molecular weight is 764 g/mol. The van der Waals surface area contributed by atoms with Crippen molar-refractivity contribution in [1.29, 1.82) is 0 Å². The first kappa shape index (κ1) is 43.1. The Morgan fingerprint density at radius 2 is 1.49 bits per heavy atom. The molecule has 1 unspecified atom stereocenters. The van der Waals surface area contributed by atoms with Gasteiger partial charge in [0.25, 0.3) is 5.56 Å². The highest BCUT2D eigenvalue weighted by Gasteiger charge is 2.41. The predicted molar refractivity (Wildman–Crippen MR) is 179 cm³/mol. The quantitative estimate of drug-likeness (QED) is 0.132. The zero-order valence-electron chi connectivity index (χ0n) is 30.3. The molecule has 0 bridgehead atoms. The molecular weight excluding hydrogens is 721 g/mol. The van der Waals surface area contributed by atoms with E-state index < -0.39 is 93.9 Å². The fraction of sp³-hybridized carbons (Fsp3) is 0.486. The molecule has 1 heterocycles. The molecule has 1 aromatic heterocycles. The van der Waals surface area contributed by atoms with Crippen LogP contribution in [0, 0.1) is 37.2 Å². The van der Waals surface area contributed by atoms with E-state index in [9.17, 15) is 45.1 Å². The summed E-state index contributed by atoms with van der Waals surface area (Å²) in [7, 11) is 3.42. The summed E-state index contributed by atoms with van der Waals surface area (Å²) in [5, 5.41) is 2.22. The molecule has 1 N–H and O–H groups in total. The SMILES string of the molecule is CCOC(=O)C[C@H](NC(=O)C(CC(C)C)n1cc(CCCN(C)C)c(C(F)(F)F)cc1=O)c1c(F)c(-c2c(C)cc(F)cc2C)cc(C(F)(F)F)c1F. The maximum absolute atomic E-state index is 16.6. The largest absolute Gasteiger partial charge is 0.466 e. The van der Waals surface area contributed by atoms with Crippen LogP contribution >= 0.6 is 0 Å². The molecule has 7 nitrogen and oxygen atoms in total. The molecule has 1 amide bonds. The van der Waals surface area contributed by atoms with Gasteiger partial charge in [-0.05, 0) is 107 Å². The summed E-state index contributed by atoms with van der Waals surface area (Å²) in [6.45, 7) is 7.36. The van der Waals surface area contributed by atoms with E-state index in [1.165, 1.54) is 20.8 Å². The first-order valence-electron chi connectivity index (χ1n) is 16.8. The minimum Gasteiger partial charge on any atom is -0.466 e. The number of amides is 1. The molecule has 0 aliphatic heterocycles. The number of ether oxygens (including phenoxy) is 1. The molecule has 292 valence electrons. The lowest BCUT2D eigenvalue weighted by Gasteiger charge is -2.28. The lowest BCUT2D eigenvalue weighted by molar-refractivity contribution is -0.144. The van der Waals surface area contributed by atoms with Crippen LogP contribution in [0.4, 0.5) is 39.5 Å². The number of nitrogens with zero attached hydrogens (tertiary/aromatic N) is 2. The topological polar surface area (TPSA) is 80.6 Å². The average Bonchev–Trinajstić information content (AvgIpc) is 2.99. The van der Waals surface area contributed by atoms with Gasteiger partial charge < -0.3 is 19.5 Å². The number of alkyl halides is 6. The van der Waals surface area contributed by atoms with E-state index >= 15 is 8.78 Å². The van der Waals surface area contributed by atoms with Gasteiger partial charge in [-0.2, -0.15) is 26.3 Å². The van der Waals surface area contributed by atoms with Crippen LogP contribution in [0.2, 0.25) is 0 Å². The Morgan fingerprint density at radius 3 is 2.00 bits per heavy atom. The number of aryl methyl sites for hydroxylation is 3. The van der Waals surface area contributed by atoms with E-state index in [1.807, 2.05) is 0 Å². The third-order valence-corrected chi connectivity index (χ3v) is 8.50. The van der Waals surface area contributed by atoms with Gasteiger partial charge in [-0.3, -0.25) is 14.4 Å². The second-order valence-electron chi connectivity index (χ2n) is 13.5. The standard InChI is InChI=1S/C37H42F9N3O4/c1-8-53-30(51)17-27(32-33(39)24(15-26(34(32)40)37(44,45)46)31-20(4)13-23(38)14-21(31)5)47-35(52)28(12-19(2)3)49-18-22(10-9-11-48(6)7)25(16-29(49)50)36(41,42)43/h13-16,18-19,27-28H,8-12,17H2,1-7H3,(H,47,52)/t27-,28?/m0/s1. The molecule has 0 fully saturated rings. The maximum Gasteiger partial charge on any atom is 0.419 e. The summed E-state index contributed by atoms with van der Waals surface area (Å²) >= 11 is 0. The van der Waals surface area contributed by atoms with E-state index in [1.54, 1.807) is 32.8 Å². The van der Waals surface area contributed by atoms with Crippen LogP contribution in [-0.2, 0) is 33.1 Å². The van der Waals surface area contributed by atoms with Crippen molar-refractivity contribution in [2.24, 2.45) is 5.92 Å². The summed E-state index contributed by atoms with van der Waals surface area (Å²) in [4.78, 5) is 41.8. The van der Waals surface area contributed by atoms with Crippen molar-refractivity contribution in [2.45, 2.75) is 84.7 Å². The number of hydrogen-bond donors (Lipinski definition) is 1. The van der Waals surface area contributed by atoms with Crippen LogP contribution in [0.1, 0.15) is 85.5 Å². The number of hydrogen-bond acceptors (Lipinski definition) is 5. The van der Waals surface area contributed by atoms with E-state index in [-0.39, 0.29) is 54.2 Å². The van der Waals surface area contributed by atoms with Crippen molar-refractivity contribution in [1.82, 2.24) is 14.8 Å². The molecule has 0 aliphatic rings. The van der Waals surface area contributed by atoms with Gasteiger partial charge in [0.05, 0.1) is 30.2 Å². The molecule has 2 atom stereocenters. The van der Waals surface area contributed by atoms with Gasteiger partial charge in [0.2, 0.25) is 5.91 Å². The Balaban J connectivity index is 2.31. The van der Waals surface area contributed by atoms with Crippen molar-refractivity contribution >= 4 is 11.9 Å². The minimum absolute atomic E-state index is 0.00174. The Hall–Kier alpha value is -4.34. The van der Waals surface area contributed by atoms with Crippen LogP contribution in [0.5, 0.6) is 0 Å². The van der Waals surface area contributed by atoms with Crippen molar-refractivity contribution < 1.29 is 53.8 Å². The van der Waals surface area contributed by atoms with Gasteiger partial charge in [0.15, 0.2) is 0 Å². The Kier molecular flexibility index (Phi) is 14.0. The Labute approximate surface area is 301 Å². The Morgan fingerprint density at radius 1 is 0.906 bits per heavy atom. The molecule has 0 spiro atoms. The summed E-state index contributed by atoms with van der Waals surface area (Å²) in [6, 6.07) is -1.39. The molecule has 0 radical (unpaired) electrons. The third kappa shape index (κ3) is 10.6.